The fraction of sp³-hybridized carbons (Fsp3) is 0.750. The summed E-state index contributed by atoms with van der Waals surface area (Å²) in [5, 5.41) is 4.07. The average Bonchev–Trinajstić information content (AvgIpc) is 2.94. The van der Waals surface area contributed by atoms with E-state index in [-0.39, 0.29) is 11.0 Å². The van der Waals surface area contributed by atoms with Crippen molar-refractivity contribution in [2.45, 2.75) is 36.8 Å². The Balaban J connectivity index is 2.04. The van der Waals surface area contributed by atoms with Crippen molar-refractivity contribution in [2.24, 2.45) is 0 Å². The molecule has 0 amide bonds. The molecule has 6 nitrogen and oxygen atoms in total. The molecule has 1 aliphatic rings. The number of aromatic nitrogens is 2. The third-order valence-corrected chi connectivity index (χ3v) is 5.62. The molecule has 1 aromatic rings. The van der Waals surface area contributed by atoms with Crippen molar-refractivity contribution in [2.75, 3.05) is 26.1 Å². The molecule has 20 heavy (non-hydrogen) atoms. The molecule has 0 saturated carbocycles. The molecule has 1 fully saturated rings. The number of rotatable bonds is 6. The molecule has 2 rings (SSSR count). The van der Waals surface area contributed by atoms with Crippen LogP contribution in [0.25, 0.3) is 0 Å². The number of nitrogens with zero attached hydrogens (tertiary/aromatic N) is 3. The predicted octanol–water partition coefficient (Wildman–Crippen LogP) is 1.31. The van der Waals surface area contributed by atoms with Crippen LogP contribution < -0.4 is 0 Å². The number of piperidine rings is 1. The molecular formula is C12H20ClN3O3S. The van der Waals surface area contributed by atoms with E-state index in [9.17, 15) is 8.42 Å². The van der Waals surface area contributed by atoms with Crippen LogP contribution in [0.3, 0.4) is 0 Å². The van der Waals surface area contributed by atoms with E-state index in [0.717, 1.165) is 19.3 Å². The van der Waals surface area contributed by atoms with Gasteiger partial charge in [-0.05, 0) is 19.3 Å². The van der Waals surface area contributed by atoms with E-state index in [1.807, 2.05) is 0 Å². The first-order valence-electron chi connectivity index (χ1n) is 6.69. The van der Waals surface area contributed by atoms with Crippen molar-refractivity contribution in [1.29, 1.82) is 0 Å². The summed E-state index contributed by atoms with van der Waals surface area (Å²) in [6, 6.07) is 0. The van der Waals surface area contributed by atoms with Crippen molar-refractivity contribution >= 4 is 21.6 Å². The van der Waals surface area contributed by atoms with E-state index in [1.54, 1.807) is 18.0 Å². The van der Waals surface area contributed by atoms with Crippen molar-refractivity contribution in [3.05, 3.63) is 12.4 Å². The van der Waals surface area contributed by atoms with E-state index in [2.05, 4.69) is 5.10 Å². The van der Waals surface area contributed by atoms with Gasteiger partial charge >= 0.3 is 0 Å². The second kappa shape index (κ2) is 6.89. The van der Waals surface area contributed by atoms with Crippen molar-refractivity contribution < 1.29 is 13.2 Å². The topological polar surface area (TPSA) is 64.4 Å². The Labute approximate surface area is 124 Å². The first kappa shape index (κ1) is 15.8. The molecular weight excluding hydrogens is 302 g/mol. The fourth-order valence-corrected chi connectivity index (χ4v) is 3.82. The van der Waals surface area contributed by atoms with Gasteiger partial charge in [0.25, 0.3) is 0 Å². The first-order chi connectivity index (χ1) is 9.57. The average molecular weight is 322 g/mol. The second-order valence-corrected chi connectivity index (χ2v) is 7.14. The fourth-order valence-electron chi connectivity index (χ4n) is 2.28. The zero-order valence-electron chi connectivity index (χ0n) is 11.5. The monoisotopic (exact) mass is 321 g/mol. The van der Waals surface area contributed by atoms with Gasteiger partial charge in [-0.15, -0.1) is 11.6 Å². The van der Waals surface area contributed by atoms with Gasteiger partial charge in [0.2, 0.25) is 10.0 Å². The van der Waals surface area contributed by atoms with Gasteiger partial charge in [-0.1, -0.05) is 0 Å². The lowest BCUT2D eigenvalue weighted by atomic mass is 10.1. The number of sulfonamides is 1. The Bertz CT molecular complexity index is 524. The lowest BCUT2D eigenvalue weighted by molar-refractivity contribution is 0.0604. The second-order valence-electron chi connectivity index (χ2n) is 4.82. The summed E-state index contributed by atoms with van der Waals surface area (Å²) in [6.45, 7) is 1.62. The normalized spacial score (nSPS) is 18.5. The van der Waals surface area contributed by atoms with Gasteiger partial charge < -0.3 is 4.74 Å². The Morgan fingerprint density at radius 1 is 1.45 bits per heavy atom. The smallest absolute Gasteiger partial charge is 0.246 e. The lowest BCUT2D eigenvalue weighted by Crippen LogP contribution is -2.40. The van der Waals surface area contributed by atoms with E-state index in [1.165, 1.54) is 10.5 Å². The van der Waals surface area contributed by atoms with Gasteiger partial charge in [0.1, 0.15) is 4.90 Å². The van der Waals surface area contributed by atoms with Gasteiger partial charge in [-0.3, -0.25) is 4.68 Å². The van der Waals surface area contributed by atoms with Crippen molar-refractivity contribution in [1.82, 2.24) is 14.1 Å². The molecule has 8 heteroatoms. The number of ether oxygens (including phenoxy) is 1. The largest absolute Gasteiger partial charge is 0.381 e. The van der Waals surface area contributed by atoms with Crippen LogP contribution in [0, 0.1) is 0 Å². The quantitative estimate of drug-likeness (QED) is 0.741. The Morgan fingerprint density at radius 3 is 2.75 bits per heavy atom. The number of aryl methyl sites for hydroxylation is 1. The third-order valence-electron chi connectivity index (χ3n) is 3.50. The van der Waals surface area contributed by atoms with Crippen LogP contribution in [0.4, 0.5) is 0 Å². The number of methoxy groups -OCH3 is 1. The van der Waals surface area contributed by atoms with Crippen LogP contribution in [0.2, 0.25) is 0 Å². The molecule has 0 atom stereocenters. The van der Waals surface area contributed by atoms with E-state index >= 15 is 0 Å². The molecule has 0 radical (unpaired) electrons. The highest BCUT2D eigenvalue weighted by Gasteiger charge is 2.30. The summed E-state index contributed by atoms with van der Waals surface area (Å²) < 4.78 is 33.3. The Morgan fingerprint density at radius 2 is 2.15 bits per heavy atom. The molecule has 0 unspecified atom stereocenters. The number of hydrogen-bond acceptors (Lipinski definition) is 4. The molecule has 0 aliphatic carbocycles. The maximum Gasteiger partial charge on any atom is 0.246 e. The van der Waals surface area contributed by atoms with E-state index < -0.39 is 10.0 Å². The number of halogens is 1. The Kier molecular flexibility index (Phi) is 5.42. The van der Waals surface area contributed by atoms with Gasteiger partial charge in [0.15, 0.2) is 0 Å². The first-order valence-corrected chi connectivity index (χ1v) is 8.66. The molecule has 0 aromatic carbocycles. The summed E-state index contributed by atoms with van der Waals surface area (Å²) in [5.74, 6) is 0.534. The third kappa shape index (κ3) is 3.52. The van der Waals surface area contributed by atoms with E-state index in [0.29, 0.717) is 25.5 Å². The van der Waals surface area contributed by atoms with Crippen LogP contribution in [-0.2, 0) is 21.3 Å². The minimum Gasteiger partial charge on any atom is -0.381 e. The molecule has 0 N–H and O–H groups in total. The minimum absolute atomic E-state index is 0.160. The Hall–Kier alpha value is -0.630. The summed E-state index contributed by atoms with van der Waals surface area (Å²) in [5.41, 5.74) is 0. The highest BCUT2D eigenvalue weighted by Crippen LogP contribution is 2.21. The maximum atomic E-state index is 12.5. The summed E-state index contributed by atoms with van der Waals surface area (Å²) in [6.07, 6.45) is 5.37. The van der Waals surface area contributed by atoms with Crippen LogP contribution in [0.1, 0.15) is 19.3 Å². The van der Waals surface area contributed by atoms with Gasteiger partial charge in [-0.25, -0.2) is 8.42 Å². The van der Waals surface area contributed by atoms with Crippen LogP contribution >= 0.6 is 11.6 Å². The number of hydrogen-bond donors (Lipinski definition) is 0. The summed E-state index contributed by atoms with van der Waals surface area (Å²) in [4.78, 5) is 0.253. The van der Waals surface area contributed by atoms with Crippen LogP contribution in [0.15, 0.2) is 17.3 Å². The number of alkyl halides is 1. The minimum atomic E-state index is -3.44. The SMILES string of the molecule is COC1CCN(S(=O)(=O)c2cnn(CCCCl)c2)CC1. The van der Waals surface area contributed by atoms with Crippen LogP contribution in [-0.4, -0.2) is 54.7 Å². The lowest BCUT2D eigenvalue weighted by Gasteiger charge is -2.29. The zero-order valence-corrected chi connectivity index (χ0v) is 13.1. The van der Waals surface area contributed by atoms with Crippen molar-refractivity contribution in [3.8, 4) is 0 Å². The maximum absolute atomic E-state index is 12.5. The highest BCUT2D eigenvalue weighted by molar-refractivity contribution is 7.89. The molecule has 0 spiro atoms. The van der Waals surface area contributed by atoms with Crippen molar-refractivity contribution in [3.63, 3.8) is 0 Å². The standard InChI is InChI=1S/C12H20ClN3O3S/c1-19-11-3-7-16(8-4-11)20(17,18)12-9-14-15(10-12)6-2-5-13/h9-11H,2-8H2,1H3. The summed E-state index contributed by atoms with van der Waals surface area (Å²) >= 11 is 5.62. The molecule has 1 saturated heterocycles. The van der Waals surface area contributed by atoms with Crippen LogP contribution in [0.5, 0.6) is 0 Å². The summed E-state index contributed by atoms with van der Waals surface area (Å²) in [7, 11) is -1.77. The van der Waals surface area contributed by atoms with Gasteiger partial charge in [0, 0.05) is 38.8 Å². The molecule has 2 heterocycles. The van der Waals surface area contributed by atoms with E-state index in [4.69, 9.17) is 16.3 Å². The highest BCUT2D eigenvalue weighted by atomic mass is 35.5. The zero-order chi connectivity index (χ0) is 14.6. The molecule has 1 aliphatic heterocycles. The molecule has 114 valence electrons. The predicted molar refractivity (Wildman–Crippen MR) is 76.4 cm³/mol. The van der Waals surface area contributed by atoms with Gasteiger partial charge in [-0.2, -0.15) is 9.40 Å². The molecule has 1 aromatic heterocycles. The molecule has 0 bridgehead atoms. The van der Waals surface area contributed by atoms with Gasteiger partial charge in [0.05, 0.1) is 12.3 Å².